The number of halogens is 1. The molecule has 0 bridgehead atoms. The highest BCUT2D eigenvalue weighted by Gasteiger charge is 2.18. The number of hydrogen-bond donors (Lipinski definition) is 3. The maximum atomic E-state index is 12.0. The monoisotopic (exact) mass is 311 g/mol. The second-order valence-corrected chi connectivity index (χ2v) is 5.32. The maximum Gasteiger partial charge on any atom is 0.224 e. The number of hydrogen-bond acceptors (Lipinski definition) is 3. The summed E-state index contributed by atoms with van der Waals surface area (Å²) in [6.07, 6.45) is 1.59. The Hall–Kier alpha value is -1.59. The molecule has 0 spiro atoms. The first kappa shape index (κ1) is 17.5. The van der Waals surface area contributed by atoms with Crippen molar-refractivity contribution in [1.29, 1.82) is 0 Å². The highest BCUT2D eigenvalue weighted by Crippen LogP contribution is 2.21. The molecule has 1 aliphatic rings. The molecule has 1 saturated heterocycles. The van der Waals surface area contributed by atoms with Crippen molar-refractivity contribution in [2.45, 2.75) is 26.7 Å². The summed E-state index contributed by atoms with van der Waals surface area (Å²) in [7, 11) is 0. The summed E-state index contributed by atoms with van der Waals surface area (Å²) in [5, 5.41) is 8.90. The average molecular weight is 312 g/mol. The van der Waals surface area contributed by atoms with Crippen LogP contribution in [-0.2, 0) is 9.59 Å². The molecule has 0 aliphatic carbocycles. The molecule has 2 rings (SSSR count). The first-order valence-corrected chi connectivity index (χ1v) is 6.93. The zero-order chi connectivity index (χ0) is 14.5. The van der Waals surface area contributed by atoms with Crippen molar-refractivity contribution in [3.05, 3.63) is 23.8 Å². The van der Waals surface area contributed by atoms with Crippen molar-refractivity contribution in [1.82, 2.24) is 5.32 Å². The first-order valence-electron chi connectivity index (χ1n) is 6.93. The lowest BCUT2D eigenvalue weighted by Gasteiger charge is -2.12. The first-order chi connectivity index (χ1) is 9.54. The number of anilines is 2. The largest absolute Gasteiger partial charge is 0.326 e. The molecule has 6 heteroatoms. The van der Waals surface area contributed by atoms with Gasteiger partial charge in [-0.15, -0.1) is 12.4 Å². The predicted molar refractivity (Wildman–Crippen MR) is 87.0 cm³/mol. The minimum absolute atomic E-state index is 0. The van der Waals surface area contributed by atoms with E-state index in [1.165, 1.54) is 6.92 Å². The molecule has 0 aromatic heterocycles. The predicted octanol–water partition coefficient (Wildman–Crippen LogP) is 2.31. The molecule has 5 nitrogen and oxygen atoms in total. The fourth-order valence-electron chi connectivity index (χ4n) is 2.39. The summed E-state index contributed by atoms with van der Waals surface area (Å²) < 4.78 is 0. The lowest BCUT2D eigenvalue weighted by Crippen LogP contribution is -2.18. The second-order valence-electron chi connectivity index (χ2n) is 5.32. The standard InChI is InChI=1S/C15H21N3O2.ClH/c1-10-3-4-13(8-14(10)17-11(2)19)18-15(20)7-12-5-6-16-9-12;/h3-4,8,12,16H,5-7,9H2,1-2H3,(H,17,19)(H,18,20);1H. The third kappa shape index (κ3) is 5.36. The van der Waals surface area contributed by atoms with Crippen molar-refractivity contribution in [3.8, 4) is 0 Å². The smallest absolute Gasteiger partial charge is 0.224 e. The van der Waals surface area contributed by atoms with E-state index >= 15 is 0 Å². The molecule has 116 valence electrons. The minimum Gasteiger partial charge on any atom is -0.326 e. The Morgan fingerprint density at radius 2 is 2.10 bits per heavy atom. The molecule has 1 atom stereocenters. The van der Waals surface area contributed by atoms with Crippen molar-refractivity contribution in [3.63, 3.8) is 0 Å². The Morgan fingerprint density at radius 3 is 2.71 bits per heavy atom. The Balaban J connectivity index is 0.00000220. The van der Waals surface area contributed by atoms with Gasteiger partial charge in [-0.2, -0.15) is 0 Å². The van der Waals surface area contributed by atoms with E-state index in [1.54, 1.807) is 6.07 Å². The Kier molecular flexibility index (Phi) is 6.65. The SMILES string of the molecule is CC(=O)Nc1cc(NC(=O)CC2CCNC2)ccc1C.Cl. The van der Waals surface area contributed by atoms with E-state index in [-0.39, 0.29) is 24.2 Å². The van der Waals surface area contributed by atoms with E-state index in [0.717, 1.165) is 36.4 Å². The van der Waals surface area contributed by atoms with E-state index in [9.17, 15) is 9.59 Å². The maximum absolute atomic E-state index is 12.0. The van der Waals surface area contributed by atoms with Crippen molar-refractivity contribution in [2.24, 2.45) is 5.92 Å². The number of benzene rings is 1. The highest BCUT2D eigenvalue weighted by atomic mass is 35.5. The molecule has 2 amide bonds. The zero-order valence-corrected chi connectivity index (χ0v) is 13.2. The number of rotatable bonds is 4. The van der Waals surface area contributed by atoms with E-state index in [4.69, 9.17) is 0 Å². The normalized spacial score (nSPS) is 17.0. The van der Waals surface area contributed by atoms with Gasteiger partial charge in [0.2, 0.25) is 11.8 Å². The molecule has 0 saturated carbocycles. The van der Waals surface area contributed by atoms with E-state index in [2.05, 4.69) is 16.0 Å². The third-order valence-corrected chi connectivity index (χ3v) is 3.47. The summed E-state index contributed by atoms with van der Waals surface area (Å²) in [6.45, 7) is 5.30. The van der Waals surface area contributed by atoms with Crippen LogP contribution in [-0.4, -0.2) is 24.9 Å². The van der Waals surface area contributed by atoms with Gasteiger partial charge in [-0.25, -0.2) is 0 Å². The van der Waals surface area contributed by atoms with Crippen LogP contribution < -0.4 is 16.0 Å². The van der Waals surface area contributed by atoms with Gasteiger partial charge in [-0.1, -0.05) is 6.07 Å². The lowest BCUT2D eigenvalue weighted by atomic mass is 10.0. The fourth-order valence-corrected chi connectivity index (χ4v) is 2.39. The molecule has 1 unspecified atom stereocenters. The van der Waals surface area contributed by atoms with Crippen LogP contribution in [0.4, 0.5) is 11.4 Å². The quantitative estimate of drug-likeness (QED) is 0.799. The summed E-state index contributed by atoms with van der Waals surface area (Å²) in [4.78, 5) is 23.1. The van der Waals surface area contributed by atoms with Gasteiger partial charge in [0, 0.05) is 24.7 Å². The van der Waals surface area contributed by atoms with Crippen LogP contribution >= 0.6 is 12.4 Å². The summed E-state index contributed by atoms with van der Waals surface area (Å²) >= 11 is 0. The number of carbonyl (C=O) groups excluding carboxylic acids is 2. The molecule has 3 N–H and O–H groups in total. The highest BCUT2D eigenvalue weighted by molar-refractivity contribution is 5.94. The molecule has 1 aromatic rings. The van der Waals surface area contributed by atoms with Crippen LogP contribution in [0.25, 0.3) is 0 Å². The summed E-state index contributed by atoms with van der Waals surface area (Å²) in [5.74, 6) is 0.334. The second kappa shape index (κ2) is 8.00. The van der Waals surface area contributed by atoms with Crippen molar-refractivity contribution < 1.29 is 9.59 Å². The number of amides is 2. The van der Waals surface area contributed by atoms with Crippen LogP contribution in [0, 0.1) is 12.8 Å². The van der Waals surface area contributed by atoms with Crippen molar-refractivity contribution in [2.75, 3.05) is 23.7 Å². The van der Waals surface area contributed by atoms with E-state index < -0.39 is 0 Å². The van der Waals surface area contributed by atoms with Gasteiger partial charge in [0.15, 0.2) is 0 Å². The van der Waals surface area contributed by atoms with Crippen LogP contribution in [0.15, 0.2) is 18.2 Å². The molecular weight excluding hydrogens is 290 g/mol. The number of aryl methyl sites for hydroxylation is 1. The summed E-state index contributed by atoms with van der Waals surface area (Å²) in [5.41, 5.74) is 2.42. The molecule has 1 aliphatic heterocycles. The van der Waals surface area contributed by atoms with E-state index in [0.29, 0.717) is 12.3 Å². The van der Waals surface area contributed by atoms with Gasteiger partial charge in [0.1, 0.15) is 0 Å². The van der Waals surface area contributed by atoms with Crippen LogP contribution in [0.1, 0.15) is 25.3 Å². The third-order valence-electron chi connectivity index (χ3n) is 3.47. The lowest BCUT2D eigenvalue weighted by molar-refractivity contribution is -0.117. The van der Waals surface area contributed by atoms with Gasteiger partial charge in [0.25, 0.3) is 0 Å². The van der Waals surface area contributed by atoms with Gasteiger partial charge in [0.05, 0.1) is 0 Å². The minimum atomic E-state index is -0.117. The van der Waals surface area contributed by atoms with Crippen LogP contribution in [0.2, 0.25) is 0 Å². The Bertz CT molecular complexity index is 514. The summed E-state index contributed by atoms with van der Waals surface area (Å²) in [6, 6.07) is 5.53. The topological polar surface area (TPSA) is 70.2 Å². The van der Waals surface area contributed by atoms with Gasteiger partial charge < -0.3 is 16.0 Å². The molecular formula is C15H22ClN3O2. The molecule has 1 aromatic carbocycles. The van der Waals surface area contributed by atoms with Gasteiger partial charge >= 0.3 is 0 Å². The number of carbonyl (C=O) groups is 2. The van der Waals surface area contributed by atoms with Crippen LogP contribution in [0.3, 0.4) is 0 Å². The Labute approximate surface area is 131 Å². The Morgan fingerprint density at radius 1 is 1.33 bits per heavy atom. The van der Waals surface area contributed by atoms with Gasteiger partial charge in [-0.05, 0) is 50.0 Å². The number of nitrogens with one attached hydrogen (secondary N) is 3. The van der Waals surface area contributed by atoms with Gasteiger partial charge in [-0.3, -0.25) is 9.59 Å². The fraction of sp³-hybridized carbons (Fsp3) is 0.467. The molecule has 0 radical (unpaired) electrons. The van der Waals surface area contributed by atoms with Crippen LogP contribution in [0.5, 0.6) is 0 Å². The zero-order valence-electron chi connectivity index (χ0n) is 12.4. The molecule has 21 heavy (non-hydrogen) atoms. The average Bonchev–Trinajstić information content (AvgIpc) is 2.85. The molecule has 1 heterocycles. The van der Waals surface area contributed by atoms with E-state index in [1.807, 2.05) is 19.1 Å². The van der Waals surface area contributed by atoms with Crippen molar-refractivity contribution >= 4 is 35.6 Å². The molecule has 1 fully saturated rings.